The van der Waals surface area contributed by atoms with Crippen molar-refractivity contribution in [2.75, 3.05) is 13.2 Å². The number of aryl methyl sites for hydroxylation is 1. The highest BCUT2D eigenvalue weighted by molar-refractivity contribution is 6.30. The van der Waals surface area contributed by atoms with Gasteiger partial charge in [0.15, 0.2) is 0 Å². The lowest BCUT2D eigenvalue weighted by atomic mass is 10.0. The van der Waals surface area contributed by atoms with Crippen molar-refractivity contribution in [3.63, 3.8) is 0 Å². The smallest absolute Gasteiger partial charge is 0.223 e. The van der Waals surface area contributed by atoms with E-state index in [1.54, 1.807) is 50.2 Å². The fraction of sp³-hybridized carbons (Fsp3) is 0.353. The van der Waals surface area contributed by atoms with Crippen LogP contribution in [0.2, 0.25) is 5.02 Å². The number of amides is 1. The summed E-state index contributed by atoms with van der Waals surface area (Å²) < 4.78 is 10.8. The van der Waals surface area contributed by atoms with Gasteiger partial charge in [-0.15, -0.1) is 0 Å². The molecule has 6 heteroatoms. The van der Waals surface area contributed by atoms with Crippen molar-refractivity contribution in [1.29, 1.82) is 0 Å². The summed E-state index contributed by atoms with van der Waals surface area (Å²) in [4.78, 5) is 11.8. The Balaban J connectivity index is 1.73. The molecule has 0 bridgehead atoms. The lowest BCUT2D eigenvalue weighted by Gasteiger charge is -2.21. The molecule has 0 aliphatic carbocycles. The van der Waals surface area contributed by atoms with E-state index in [1.807, 2.05) is 0 Å². The first kappa shape index (κ1) is 17.4. The molecule has 2 aromatic rings. The van der Waals surface area contributed by atoms with E-state index in [9.17, 15) is 9.90 Å². The van der Waals surface area contributed by atoms with Gasteiger partial charge in [0.1, 0.15) is 22.9 Å². The Morgan fingerprint density at radius 2 is 2.00 bits per heavy atom. The van der Waals surface area contributed by atoms with Crippen LogP contribution in [-0.2, 0) is 10.4 Å². The number of benzene rings is 1. The Kier molecular flexibility index (Phi) is 5.69. The lowest BCUT2D eigenvalue weighted by Crippen LogP contribution is -2.38. The van der Waals surface area contributed by atoms with E-state index >= 15 is 0 Å². The predicted molar refractivity (Wildman–Crippen MR) is 87.6 cm³/mol. The van der Waals surface area contributed by atoms with Crippen molar-refractivity contribution in [1.82, 2.24) is 5.32 Å². The van der Waals surface area contributed by atoms with Crippen LogP contribution in [0.3, 0.4) is 0 Å². The monoisotopic (exact) mass is 337 g/mol. The van der Waals surface area contributed by atoms with Gasteiger partial charge in [-0.05, 0) is 50.2 Å². The van der Waals surface area contributed by atoms with Crippen LogP contribution < -0.4 is 10.1 Å². The molecule has 1 aromatic carbocycles. The normalized spacial score (nSPS) is 13.4. The third kappa shape index (κ3) is 5.30. The number of rotatable bonds is 7. The third-order valence-electron chi connectivity index (χ3n) is 3.31. The number of halogens is 1. The Bertz CT molecular complexity index is 649. The molecule has 5 nitrogen and oxygen atoms in total. The maximum absolute atomic E-state index is 11.8. The predicted octanol–water partition coefficient (Wildman–Crippen LogP) is 3.03. The van der Waals surface area contributed by atoms with Gasteiger partial charge in [-0.1, -0.05) is 11.6 Å². The van der Waals surface area contributed by atoms with Gasteiger partial charge in [0, 0.05) is 5.02 Å². The summed E-state index contributed by atoms with van der Waals surface area (Å²) in [6, 6.07) is 10.4. The molecule has 0 fully saturated rings. The number of ether oxygens (including phenoxy) is 1. The molecule has 0 aliphatic heterocycles. The number of carbonyl (C=O) groups excluding carboxylic acids is 1. The van der Waals surface area contributed by atoms with E-state index in [0.717, 1.165) is 0 Å². The van der Waals surface area contributed by atoms with Crippen LogP contribution in [0.1, 0.15) is 24.9 Å². The van der Waals surface area contributed by atoms with Gasteiger partial charge in [-0.3, -0.25) is 4.79 Å². The van der Waals surface area contributed by atoms with Gasteiger partial charge < -0.3 is 19.6 Å². The first-order chi connectivity index (χ1) is 10.9. The molecular formula is C17H20ClNO4. The van der Waals surface area contributed by atoms with Gasteiger partial charge in [-0.25, -0.2) is 0 Å². The zero-order valence-corrected chi connectivity index (χ0v) is 13.9. The molecule has 23 heavy (non-hydrogen) atoms. The van der Waals surface area contributed by atoms with E-state index in [-0.39, 0.29) is 25.5 Å². The van der Waals surface area contributed by atoms with Gasteiger partial charge in [0.2, 0.25) is 5.91 Å². The second-order valence-electron chi connectivity index (χ2n) is 5.51. The standard InChI is InChI=1S/C17H20ClNO4/c1-12-3-8-15(23-12)17(2,21)11-19-16(20)9-10-22-14-6-4-13(18)5-7-14/h3-8,21H,9-11H2,1-2H3,(H,19,20). The Labute approximate surface area is 140 Å². The zero-order chi connectivity index (χ0) is 16.9. The molecule has 0 saturated carbocycles. The SMILES string of the molecule is Cc1ccc(C(C)(O)CNC(=O)CCOc2ccc(Cl)cc2)o1. The molecule has 0 saturated heterocycles. The average Bonchev–Trinajstić information content (AvgIpc) is 2.95. The molecule has 1 atom stereocenters. The molecule has 0 aliphatic rings. The summed E-state index contributed by atoms with van der Waals surface area (Å²) in [5, 5.41) is 13.6. The van der Waals surface area contributed by atoms with Crippen molar-refractivity contribution in [3.05, 3.63) is 52.9 Å². The largest absolute Gasteiger partial charge is 0.493 e. The molecular weight excluding hydrogens is 318 g/mol. The highest BCUT2D eigenvalue weighted by atomic mass is 35.5. The topological polar surface area (TPSA) is 71.7 Å². The van der Waals surface area contributed by atoms with Crippen molar-refractivity contribution < 1.29 is 19.1 Å². The molecule has 2 rings (SSSR count). The van der Waals surface area contributed by atoms with E-state index in [4.69, 9.17) is 20.8 Å². The zero-order valence-electron chi connectivity index (χ0n) is 13.1. The van der Waals surface area contributed by atoms with Gasteiger partial charge >= 0.3 is 0 Å². The number of hydrogen-bond donors (Lipinski definition) is 2. The molecule has 124 valence electrons. The van der Waals surface area contributed by atoms with Gasteiger partial charge in [0.25, 0.3) is 0 Å². The lowest BCUT2D eigenvalue weighted by molar-refractivity contribution is -0.122. The van der Waals surface area contributed by atoms with Crippen LogP contribution in [-0.4, -0.2) is 24.2 Å². The first-order valence-corrected chi connectivity index (χ1v) is 7.69. The minimum atomic E-state index is -1.25. The average molecular weight is 338 g/mol. The molecule has 0 spiro atoms. The summed E-state index contributed by atoms with van der Waals surface area (Å²) in [6.07, 6.45) is 0.190. The van der Waals surface area contributed by atoms with Crippen LogP contribution >= 0.6 is 11.6 Å². The van der Waals surface area contributed by atoms with Crippen LogP contribution in [0.4, 0.5) is 0 Å². The fourth-order valence-corrected chi connectivity index (χ4v) is 2.09. The summed E-state index contributed by atoms with van der Waals surface area (Å²) in [5.74, 6) is 1.58. The first-order valence-electron chi connectivity index (χ1n) is 7.31. The summed E-state index contributed by atoms with van der Waals surface area (Å²) in [5.41, 5.74) is -1.25. The molecule has 0 radical (unpaired) electrons. The third-order valence-corrected chi connectivity index (χ3v) is 3.56. The van der Waals surface area contributed by atoms with Crippen molar-refractivity contribution in [2.45, 2.75) is 25.9 Å². The van der Waals surface area contributed by atoms with Gasteiger partial charge in [0.05, 0.1) is 19.6 Å². The van der Waals surface area contributed by atoms with Crippen LogP contribution in [0.25, 0.3) is 0 Å². The summed E-state index contributed by atoms with van der Waals surface area (Å²) in [7, 11) is 0. The maximum atomic E-state index is 11.8. The minimum absolute atomic E-state index is 0.0692. The summed E-state index contributed by atoms with van der Waals surface area (Å²) >= 11 is 5.78. The molecule has 2 N–H and O–H groups in total. The molecule has 1 amide bonds. The number of carbonyl (C=O) groups is 1. The number of furan rings is 1. The fourth-order valence-electron chi connectivity index (χ4n) is 1.96. The van der Waals surface area contributed by atoms with Crippen molar-refractivity contribution in [3.8, 4) is 5.75 Å². The van der Waals surface area contributed by atoms with E-state index in [0.29, 0.717) is 22.3 Å². The Morgan fingerprint density at radius 1 is 1.30 bits per heavy atom. The van der Waals surface area contributed by atoms with Crippen LogP contribution in [0, 0.1) is 6.92 Å². The van der Waals surface area contributed by atoms with Crippen molar-refractivity contribution >= 4 is 17.5 Å². The maximum Gasteiger partial charge on any atom is 0.223 e. The van der Waals surface area contributed by atoms with E-state index < -0.39 is 5.60 Å². The highest BCUT2D eigenvalue weighted by Crippen LogP contribution is 2.22. The Hall–Kier alpha value is -1.98. The molecule has 1 unspecified atom stereocenters. The van der Waals surface area contributed by atoms with Crippen LogP contribution in [0.15, 0.2) is 40.8 Å². The van der Waals surface area contributed by atoms with E-state index in [2.05, 4.69) is 5.32 Å². The quantitative estimate of drug-likeness (QED) is 0.814. The number of hydrogen-bond acceptors (Lipinski definition) is 4. The molecule has 1 heterocycles. The summed E-state index contributed by atoms with van der Waals surface area (Å²) in [6.45, 7) is 3.71. The second-order valence-corrected chi connectivity index (χ2v) is 5.95. The van der Waals surface area contributed by atoms with Crippen LogP contribution in [0.5, 0.6) is 5.75 Å². The molecule has 1 aromatic heterocycles. The number of nitrogens with one attached hydrogen (secondary N) is 1. The van der Waals surface area contributed by atoms with Gasteiger partial charge in [-0.2, -0.15) is 0 Å². The van der Waals surface area contributed by atoms with E-state index in [1.165, 1.54) is 0 Å². The Morgan fingerprint density at radius 3 is 2.61 bits per heavy atom. The number of aliphatic hydroxyl groups is 1. The minimum Gasteiger partial charge on any atom is -0.493 e. The second kappa shape index (κ2) is 7.53. The highest BCUT2D eigenvalue weighted by Gasteiger charge is 2.27. The van der Waals surface area contributed by atoms with Crippen molar-refractivity contribution in [2.24, 2.45) is 0 Å².